The average molecular weight is 317 g/mol. The summed E-state index contributed by atoms with van der Waals surface area (Å²) in [6.45, 7) is 4.26. The van der Waals surface area contributed by atoms with E-state index in [9.17, 15) is 9.90 Å². The zero-order chi connectivity index (χ0) is 16.4. The first kappa shape index (κ1) is 16.5. The topological polar surface area (TPSA) is 49.8 Å². The van der Waals surface area contributed by atoms with E-state index in [4.69, 9.17) is 4.74 Å². The van der Waals surface area contributed by atoms with Gasteiger partial charge in [-0.25, -0.2) is 0 Å². The van der Waals surface area contributed by atoms with Gasteiger partial charge in [0.05, 0.1) is 19.1 Å². The van der Waals surface area contributed by atoms with E-state index in [1.807, 2.05) is 0 Å². The summed E-state index contributed by atoms with van der Waals surface area (Å²) in [5.41, 5.74) is 1.42. The first-order chi connectivity index (χ1) is 11.1. The minimum atomic E-state index is -0.417. The molecule has 0 amide bonds. The van der Waals surface area contributed by atoms with Crippen LogP contribution in [0.5, 0.6) is 0 Å². The summed E-state index contributed by atoms with van der Waals surface area (Å²) in [6.07, 6.45) is 1.94. The van der Waals surface area contributed by atoms with Gasteiger partial charge < -0.3 is 9.84 Å². The van der Waals surface area contributed by atoms with Crippen LogP contribution in [0, 0.1) is 11.8 Å². The number of esters is 1. The number of hydrogen-bond donors (Lipinski definition) is 1. The molecule has 4 heteroatoms. The molecule has 4 nitrogen and oxygen atoms in total. The van der Waals surface area contributed by atoms with E-state index in [0.717, 1.165) is 25.9 Å². The summed E-state index contributed by atoms with van der Waals surface area (Å²) in [7, 11) is 1.43. The fourth-order valence-electron chi connectivity index (χ4n) is 4.42. The third-order valence-electron chi connectivity index (χ3n) is 5.66. The second kappa shape index (κ2) is 7.02. The lowest BCUT2D eigenvalue weighted by Crippen LogP contribution is -2.47. The molecule has 1 N–H and O–H groups in total. The molecule has 1 aliphatic carbocycles. The Morgan fingerprint density at radius 1 is 1.26 bits per heavy atom. The van der Waals surface area contributed by atoms with Crippen molar-refractivity contribution in [3.63, 3.8) is 0 Å². The minimum absolute atomic E-state index is 0.0956. The molecule has 1 saturated carbocycles. The lowest BCUT2D eigenvalue weighted by molar-refractivity contribution is -0.145. The average Bonchev–Trinajstić information content (AvgIpc) is 2.96. The standard InChI is InChI=1S/C19H27NO3/c1-13-12-20(9-8-16(13)14-6-4-3-5-7-14)17-10-15(11-18(17)21)19(22)23-2/h3-7,13,15-18,21H,8-12H2,1-2H3/t13-,15-,16+,17+,18-/m0/s1. The molecule has 5 atom stereocenters. The SMILES string of the molecule is COC(=O)[C@H]1C[C@@H](N2CC[C@@H](c3ccccc3)[C@@H](C)C2)[C@@H](O)C1. The molecule has 23 heavy (non-hydrogen) atoms. The highest BCUT2D eigenvalue weighted by atomic mass is 16.5. The van der Waals surface area contributed by atoms with Gasteiger partial charge in [-0.1, -0.05) is 37.3 Å². The van der Waals surface area contributed by atoms with Crippen LogP contribution in [0.4, 0.5) is 0 Å². The Morgan fingerprint density at radius 3 is 2.65 bits per heavy atom. The number of ether oxygens (including phenoxy) is 1. The molecule has 0 bridgehead atoms. The van der Waals surface area contributed by atoms with E-state index in [1.165, 1.54) is 12.7 Å². The summed E-state index contributed by atoms with van der Waals surface area (Å²) < 4.78 is 4.85. The van der Waals surface area contributed by atoms with Crippen molar-refractivity contribution in [1.29, 1.82) is 0 Å². The Hall–Kier alpha value is -1.39. The molecule has 3 rings (SSSR count). The van der Waals surface area contributed by atoms with Gasteiger partial charge in [0.15, 0.2) is 0 Å². The van der Waals surface area contributed by atoms with Crippen LogP contribution in [0.2, 0.25) is 0 Å². The van der Waals surface area contributed by atoms with Gasteiger partial charge in [-0.3, -0.25) is 9.69 Å². The van der Waals surface area contributed by atoms with Crippen molar-refractivity contribution < 1.29 is 14.6 Å². The Kier molecular flexibility index (Phi) is 5.02. The lowest BCUT2D eigenvalue weighted by Gasteiger charge is -2.41. The first-order valence-electron chi connectivity index (χ1n) is 8.65. The van der Waals surface area contributed by atoms with E-state index in [1.54, 1.807) is 0 Å². The summed E-state index contributed by atoms with van der Waals surface area (Å²) in [5.74, 6) is 0.804. The number of benzene rings is 1. The molecule has 1 aromatic rings. The number of carbonyl (C=O) groups excluding carboxylic acids is 1. The van der Waals surface area contributed by atoms with Gasteiger partial charge in [-0.15, -0.1) is 0 Å². The number of rotatable bonds is 3. The molecule has 0 spiro atoms. The van der Waals surface area contributed by atoms with Gasteiger partial charge in [-0.2, -0.15) is 0 Å². The van der Waals surface area contributed by atoms with Crippen LogP contribution in [-0.2, 0) is 9.53 Å². The largest absolute Gasteiger partial charge is 0.469 e. The van der Waals surface area contributed by atoms with Crippen molar-refractivity contribution in [3.05, 3.63) is 35.9 Å². The summed E-state index contributed by atoms with van der Waals surface area (Å²) in [6, 6.07) is 10.8. The fraction of sp³-hybridized carbons (Fsp3) is 0.632. The van der Waals surface area contributed by atoms with Crippen molar-refractivity contribution in [2.45, 2.75) is 44.2 Å². The Bertz CT molecular complexity index is 533. The summed E-state index contributed by atoms with van der Waals surface area (Å²) in [4.78, 5) is 14.1. The maximum absolute atomic E-state index is 11.7. The van der Waals surface area contributed by atoms with Crippen molar-refractivity contribution in [2.75, 3.05) is 20.2 Å². The van der Waals surface area contributed by atoms with Crippen molar-refractivity contribution in [3.8, 4) is 0 Å². The number of aliphatic hydroxyl groups excluding tert-OH is 1. The number of nitrogens with zero attached hydrogens (tertiary/aromatic N) is 1. The number of aliphatic hydroxyl groups is 1. The van der Waals surface area contributed by atoms with E-state index < -0.39 is 6.10 Å². The second-order valence-corrected chi connectivity index (χ2v) is 7.10. The van der Waals surface area contributed by atoms with Crippen LogP contribution in [-0.4, -0.2) is 48.3 Å². The van der Waals surface area contributed by atoms with Gasteiger partial charge in [0.2, 0.25) is 0 Å². The molecule has 1 heterocycles. The zero-order valence-electron chi connectivity index (χ0n) is 14.0. The van der Waals surface area contributed by atoms with Gasteiger partial charge in [0.25, 0.3) is 0 Å². The van der Waals surface area contributed by atoms with E-state index >= 15 is 0 Å². The molecule has 0 unspecified atom stereocenters. The van der Waals surface area contributed by atoms with E-state index in [2.05, 4.69) is 42.2 Å². The van der Waals surface area contributed by atoms with Gasteiger partial charge in [-0.05, 0) is 43.2 Å². The normalized spacial score (nSPS) is 35.2. The van der Waals surface area contributed by atoms with Crippen LogP contribution in [0.3, 0.4) is 0 Å². The molecular weight excluding hydrogens is 290 g/mol. The van der Waals surface area contributed by atoms with Gasteiger partial charge in [0.1, 0.15) is 0 Å². The number of carbonyl (C=O) groups is 1. The quantitative estimate of drug-likeness (QED) is 0.870. The monoisotopic (exact) mass is 317 g/mol. The van der Waals surface area contributed by atoms with E-state index in [-0.39, 0.29) is 17.9 Å². The molecule has 126 valence electrons. The maximum Gasteiger partial charge on any atom is 0.308 e. The van der Waals surface area contributed by atoms with Crippen LogP contribution in [0.25, 0.3) is 0 Å². The molecular formula is C19H27NO3. The summed E-state index contributed by atoms with van der Waals surface area (Å²) >= 11 is 0. The highest BCUT2D eigenvalue weighted by Gasteiger charge is 2.42. The molecule has 2 fully saturated rings. The zero-order valence-corrected chi connectivity index (χ0v) is 14.0. The fourth-order valence-corrected chi connectivity index (χ4v) is 4.42. The molecule has 1 saturated heterocycles. The number of piperidine rings is 1. The minimum Gasteiger partial charge on any atom is -0.469 e. The Labute approximate surface area is 138 Å². The van der Waals surface area contributed by atoms with E-state index in [0.29, 0.717) is 18.3 Å². The van der Waals surface area contributed by atoms with Crippen LogP contribution in [0.15, 0.2) is 30.3 Å². The third-order valence-corrected chi connectivity index (χ3v) is 5.66. The number of hydrogen-bond acceptors (Lipinski definition) is 4. The van der Waals surface area contributed by atoms with Crippen LogP contribution >= 0.6 is 0 Å². The molecule has 2 aliphatic rings. The molecule has 1 aromatic carbocycles. The highest BCUT2D eigenvalue weighted by molar-refractivity contribution is 5.72. The highest BCUT2D eigenvalue weighted by Crippen LogP contribution is 2.37. The van der Waals surface area contributed by atoms with Gasteiger partial charge in [0, 0.05) is 12.6 Å². The first-order valence-corrected chi connectivity index (χ1v) is 8.65. The summed E-state index contributed by atoms with van der Waals surface area (Å²) in [5, 5.41) is 10.4. The predicted octanol–water partition coefficient (Wildman–Crippen LogP) is 2.42. The Balaban J connectivity index is 1.63. The van der Waals surface area contributed by atoms with Crippen molar-refractivity contribution in [2.24, 2.45) is 11.8 Å². The van der Waals surface area contributed by atoms with Crippen LogP contribution < -0.4 is 0 Å². The predicted molar refractivity (Wildman–Crippen MR) is 89.1 cm³/mol. The molecule has 0 aromatic heterocycles. The lowest BCUT2D eigenvalue weighted by atomic mass is 9.81. The smallest absolute Gasteiger partial charge is 0.308 e. The van der Waals surface area contributed by atoms with Crippen molar-refractivity contribution >= 4 is 5.97 Å². The second-order valence-electron chi connectivity index (χ2n) is 7.10. The van der Waals surface area contributed by atoms with Crippen molar-refractivity contribution in [1.82, 2.24) is 4.90 Å². The van der Waals surface area contributed by atoms with Crippen LogP contribution in [0.1, 0.15) is 37.7 Å². The number of methoxy groups -OCH3 is 1. The van der Waals surface area contributed by atoms with Gasteiger partial charge >= 0.3 is 5.97 Å². The maximum atomic E-state index is 11.7. The Morgan fingerprint density at radius 2 is 2.00 bits per heavy atom. The third kappa shape index (κ3) is 3.43. The molecule has 1 aliphatic heterocycles. The molecule has 0 radical (unpaired) electrons. The number of likely N-dealkylation sites (tertiary alicyclic amines) is 1.